The summed E-state index contributed by atoms with van der Waals surface area (Å²) < 4.78 is 0. The second-order valence-electron chi connectivity index (χ2n) is 4.45. The molecule has 3 rings (SSSR count). The lowest BCUT2D eigenvalue weighted by Crippen LogP contribution is -2.01. The van der Waals surface area contributed by atoms with Gasteiger partial charge in [0.05, 0.1) is 5.69 Å². The Hall–Kier alpha value is -1.19. The average Bonchev–Trinajstić information content (AvgIpc) is 2.86. The minimum atomic E-state index is 0.357. The summed E-state index contributed by atoms with van der Waals surface area (Å²) >= 11 is 1.72. The van der Waals surface area contributed by atoms with Gasteiger partial charge in [0.15, 0.2) is 0 Å². The topological polar surface area (TPSA) is 38.9 Å². The minimum Gasteiger partial charge on any atom is -0.327 e. The summed E-state index contributed by atoms with van der Waals surface area (Å²) in [6, 6.07) is 4.63. The van der Waals surface area contributed by atoms with E-state index in [1.807, 2.05) is 6.20 Å². The number of nitrogens with zero attached hydrogens (tertiary/aromatic N) is 1. The first kappa shape index (κ1) is 10.00. The molecule has 2 N–H and O–H groups in total. The quantitative estimate of drug-likeness (QED) is 0.861. The number of aromatic nitrogens is 1. The Bertz CT molecular complexity index is 501. The molecule has 1 aliphatic rings. The highest BCUT2D eigenvalue weighted by molar-refractivity contribution is 7.08. The maximum absolute atomic E-state index is 5.83. The van der Waals surface area contributed by atoms with Gasteiger partial charge in [-0.25, -0.2) is 0 Å². The van der Waals surface area contributed by atoms with Crippen LogP contribution >= 0.6 is 11.3 Å². The van der Waals surface area contributed by atoms with Gasteiger partial charge >= 0.3 is 0 Å². The standard InChI is InChI=1S/C13H14N2S/c1-8-6-16-7-11(8)13-3-2-9(5-15-13)10-4-12(10)14/h2-3,5-7,10,12H,4,14H2,1H3. The smallest absolute Gasteiger partial charge is 0.0713 e. The highest BCUT2D eigenvalue weighted by Crippen LogP contribution is 2.39. The number of rotatable bonds is 2. The summed E-state index contributed by atoms with van der Waals surface area (Å²) in [5, 5.41) is 4.31. The Labute approximate surface area is 99.1 Å². The SMILES string of the molecule is Cc1cscc1-c1ccc(C2CC2N)cn1. The number of hydrogen-bond acceptors (Lipinski definition) is 3. The van der Waals surface area contributed by atoms with Crippen molar-refractivity contribution in [3.05, 3.63) is 40.2 Å². The molecular weight excluding hydrogens is 216 g/mol. The van der Waals surface area contributed by atoms with E-state index in [1.54, 1.807) is 11.3 Å². The van der Waals surface area contributed by atoms with Crippen LogP contribution in [0.4, 0.5) is 0 Å². The molecule has 0 saturated heterocycles. The molecule has 0 radical (unpaired) electrons. The Morgan fingerprint density at radius 2 is 2.19 bits per heavy atom. The molecule has 1 fully saturated rings. The van der Waals surface area contributed by atoms with Gasteiger partial charge in [0, 0.05) is 29.1 Å². The van der Waals surface area contributed by atoms with Crippen molar-refractivity contribution in [3.8, 4) is 11.3 Å². The summed E-state index contributed by atoms with van der Waals surface area (Å²) in [6.07, 6.45) is 3.09. The van der Waals surface area contributed by atoms with Crippen LogP contribution in [0.5, 0.6) is 0 Å². The first-order chi connectivity index (χ1) is 7.75. The average molecular weight is 230 g/mol. The molecule has 2 nitrogen and oxygen atoms in total. The fourth-order valence-electron chi connectivity index (χ4n) is 2.00. The van der Waals surface area contributed by atoms with E-state index in [0.29, 0.717) is 12.0 Å². The monoisotopic (exact) mass is 230 g/mol. The predicted octanol–water partition coefficient (Wildman–Crippen LogP) is 2.93. The van der Waals surface area contributed by atoms with Crippen LogP contribution in [0, 0.1) is 6.92 Å². The summed E-state index contributed by atoms with van der Waals surface area (Å²) in [6.45, 7) is 2.12. The largest absolute Gasteiger partial charge is 0.327 e. The summed E-state index contributed by atoms with van der Waals surface area (Å²) in [5.74, 6) is 0.546. The van der Waals surface area contributed by atoms with Gasteiger partial charge in [-0.05, 0) is 35.9 Å². The van der Waals surface area contributed by atoms with Crippen LogP contribution in [0.1, 0.15) is 23.5 Å². The van der Waals surface area contributed by atoms with Crippen molar-refractivity contribution in [2.75, 3.05) is 0 Å². The lowest BCUT2D eigenvalue weighted by Gasteiger charge is -2.02. The zero-order chi connectivity index (χ0) is 11.1. The predicted molar refractivity (Wildman–Crippen MR) is 67.6 cm³/mol. The van der Waals surface area contributed by atoms with Crippen molar-refractivity contribution >= 4 is 11.3 Å². The van der Waals surface area contributed by atoms with Crippen molar-refractivity contribution in [1.29, 1.82) is 0 Å². The number of hydrogen-bond donors (Lipinski definition) is 1. The first-order valence-corrected chi connectivity index (χ1v) is 6.44. The van der Waals surface area contributed by atoms with Crippen molar-refractivity contribution in [2.45, 2.75) is 25.3 Å². The molecule has 2 heterocycles. The zero-order valence-corrected chi connectivity index (χ0v) is 10.00. The van der Waals surface area contributed by atoms with Crippen molar-refractivity contribution in [1.82, 2.24) is 4.98 Å². The van der Waals surface area contributed by atoms with Crippen LogP contribution in [-0.2, 0) is 0 Å². The van der Waals surface area contributed by atoms with Crippen LogP contribution in [0.3, 0.4) is 0 Å². The van der Waals surface area contributed by atoms with Gasteiger partial charge in [0.1, 0.15) is 0 Å². The Morgan fingerprint density at radius 3 is 2.69 bits per heavy atom. The molecule has 2 unspecified atom stereocenters. The molecule has 3 heteroatoms. The van der Waals surface area contributed by atoms with Crippen LogP contribution in [-0.4, -0.2) is 11.0 Å². The Morgan fingerprint density at radius 1 is 1.38 bits per heavy atom. The molecule has 0 aliphatic heterocycles. The van der Waals surface area contributed by atoms with E-state index in [-0.39, 0.29) is 0 Å². The highest BCUT2D eigenvalue weighted by Gasteiger charge is 2.34. The summed E-state index contributed by atoms with van der Waals surface area (Å²) in [5.41, 5.74) is 10.7. The lowest BCUT2D eigenvalue weighted by atomic mass is 10.1. The van der Waals surface area contributed by atoms with Gasteiger partial charge in [-0.3, -0.25) is 4.98 Å². The Balaban J connectivity index is 1.90. The van der Waals surface area contributed by atoms with Gasteiger partial charge in [-0.1, -0.05) is 6.07 Å². The lowest BCUT2D eigenvalue weighted by molar-refractivity contribution is 0.981. The second-order valence-corrected chi connectivity index (χ2v) is 5.19. The van der Waals surface area contributed by atoms with E-state index in [0.717, 1.165) is 12.1 Å². The first-order valence-electron chi connectivity index (χ1n) is 5.50. The fraction of sp³-hybridized carbons (Fsp3) is 0.308. The van der Waals surface area contributed by atoms with E-state index in [9.17, 15) is 0 Å². The molecule has 82 valence electrons. The number of aryl methyl sites for hydroxylation is 1. The van der Waals surface area contributed by atoms with E-state index < -0.39 is 0 Å². The Kier molecular flexibility index (Phi) is 2.30. The maximum Gasteiger partial charge on any atom is 0.0713 e. The third kappa shape index (κ3) is 1.66. The van der Waals surface area contributed by atoms with E-state index in [4.69, 9.17) is 5.73 Å². The summed E-state index contributed by atoms with van der Waals surface area (Å²) in [7, 11) is 0. The van der Waals surface area contributed by atoms with E-state index in [2.05, 4.69) is 34.8 Å². The molecular formula is C13H14N2S. The molecule has 1 aliphatic carbocycles. The maximum atomic E-state index is 5.83. The molecule has 0 amide bonds. The molecule has 2 aromatic heterocycles. The van der Waals surface area contributed by atoms with Crippen LogP contribution in [0.2, 0.25) is 0 Å². The van der Waals surface area contributed by atoms with Crippen LogP contribution in [0.15, 0.2) is 29.1 Å². The number of pyridine rings is 1. The zero-order valence-electron chi connectivity index (χ0n) is 9.18. The molecule has 0 aromatic carbocycles. The van der Waals surface area contributed by atoms with Gasteiger partial charge < -0.3 is 5.73 Å². The minimum absolute atomic E-state index is 0.357. The van der Waals surface area contributed by atoms with Gasteiger partial charge in [-0.2, -0.15) is 11.3 Å². The number of nitrogens with two attached hydrogens (primary N) is 1. The third-order valence-corrected chi connectivity index (χ3v) is 4.05. The van der Waals surface area contributed by atoms with Crippen molar-refractivity contribution in [2.24, 2.45) is 5.73 Å². The van der Waals surface area contributed by atoms with E-state index in [1.165, 1.54) is 16.7 Å². The van der Waals surface area contributed by atoms with E-state index >= 15 is 0 Å². The van der Waals surface area contributed by atoms with Crippen molar-refractivity contribution in [3.63, 3.8) is 0 Å². The van der Waals surface area contributed by atoms with Crippen molar-refractivity contribution < 1.29 is 0 Å². The van der Waals surface area contributed by atoms with Gasteiger partial charge in [0.2, 0.25) is 0 Å². The van der Waals surface area contributed by atoms with Crippen LogP contribution in [0.25, 0.3) is 11.3 Å². The fourth-order valence-corrected chi connectivity index (χ4v) is 2.85. The van der Waals surface area contributed by atoms with Crippen LogP contribution < -0.4 is 5.73 Å². The van der Waals surface area contributed by atoms with Gasteiger partial charge in [0.25, 0.3) is 0 Å². The molecule has 1 saturated carbocycles. The third-order valence-electron chi connectivity index (χ3n) is 3.19. The molecule has 16 heavy (non-hydrogen) atoms. The number of thiophene rings is 1. The molecule has 2 atom stereocenters. The van der Waals surface area contributed by atoms with Gasteiger partial charge in [-0.15, -0.1) is 0 Å². The second kappa shape index (κ2) is 3.68. The normalized spacial score (nSPS) is 23.4. The molecule has 0 bridgehead atoms. The highest BCUT2D eigenvalue weighted by atomic mass is 32.1. The molecule has 2 aromatic rings. The summed E-state index contributed by atoms with van der Waals surface area (Å²) in [4.78, 5) is 4.53. The molecule has 0 spiro atoms.